The number of amides is 1. The highest BCUT2D eigenvalue weighted by atomic mass is 35.5. The third-order valence-corrected chi connectivity index (χ3v) is 3.71. The van der Waals surface area contributed by atoms with Gasteiger partial charge in [-0.2, -0.15) is 0 Å². The molecule has 2 unspecified atom stereocenters. The van der Waals surface area contributed by atoms with Crippen molar-refractivity contribution in [3.05, 3.63) is 23.2 Å². The summed E-state index contributed by atoms with van der Waals surface area (Å²) in [6.45, 7) is 2.97. The second kappa shape index (κ2) is 6.26. The number of hydrogen-bond acceptors (Lipinski definition) is 3. The summed E-state index contributed by atoms with van der Waals surface area (Å²) in [6.07, 6.45) is 2.18. The third-order valence-electron chi connectivity index (χ3n) is 3.47. The van der Waals surface area contributed by atoms with Crippen molar-refractivity contribution < 1.29 is 9.53 Å². The number of benzene rings is 1. The van der Waals surface area contributed by atoms with Crippen LogP contribution in [0.5, 0.6) is 5.75 Å². The van der Waals surface area contributed by atoms with Crippen molar-refractivity contribution in [3.63, 3.8) is 0 Å². The molecule has 1 aromatic carbocycles. The molecule has 1 aliphatic heterocycles. The maximum Gasteiger partial charge on any atom is 0.241 e. The van der Waals surface area contributed by atoms with E-state index in [-0.39, 0.29) is 11.9 Å². The molecule has 1 amide bonds. The van der Waals surface area contributed by atoms with Crippen LogP contribution in [0.2, 0.25) is 5.02 Å². The van der Waals surface area contributed by atoms with Crippen LogP contribution in [0.15, 0.2) is 18.2 Å². The van der Waals surface area contributed by atoms with Crippen LogP contribution in [0.3, 0.4) is 0 Å². The van der Waals surface area contributed by atoms with E-state index in [1.165, 1.54) is 0 Å². The Kier molecular flexibility index (Phi) is 4.66. The number of piperidine rings is 1. The number of ether oxygens (including phenoxy) is 1. The predicted octanol–water partition coefficient (Wildman–Crippen LogP) is 2.68. The standard InChI is InChI=1S/C14H19ClN2O2/c1-9-4-3-7-16-13(9)14(18)17-11-8-10(15)5-6-12(11)19-2/h5-6,8-9,13,16H,3-4,7H2,1-2H3,(H,17,18). The predicted molar refractivity (Wildman–Crippen MR) is 76.8 cm³/mol. The minimum Gasteiger partial charge on any atom is -0.495 e. The smallest absolute Gasteiger partial charge is 0.241 e. The van der Waals surface area contributed by atoms with Gasteiger partial charge < -0.3 is 15.4 Å². The van der Waals surface area contributed by atoms with Gasteiger partial charge in [-0.1, -0.05) is 18.5 Å². The van der Waals surface area contributed by atoms with Crippen LogP contribution in [0.1, 0.15) is 19.8 Å². The number of methoxy groups -OCH3 is 1. The van der Waals surface area contributed by atoms with Gasteiger partial charge >= 0.3 is 0 Å². The van der Waals surface area contributed by atoms with E-state index in [0.717, 1.165) is 19.4 Å². The number of nitrogens with one attached hydrogen (secondary N) is 2. The van der Waals surface area contributed by atoms with Crippen LogP contribution in [-0.4, -0.2) is 25.6 Å². The Morgan fingerprint density at radius 1 is 1.53 bits per heavy atom. The summed E-state index contributed by atoms with van der Waals surface area (Å²) in [5.41, 5.74) is 0.611. The van der Waals surface area contributed by atoms with Gasteiger partial charge in [-0.05, 0) is 43.5 Å². The number of carbonyl (C=O) groups is 1. The number of hydrogen-bond donors (Lipinski definition) is 2. The summed E-state index contributed by atoms with van der Waals surface area (Å²) >= 11 is 5.95. The van der Waals surface area contributed by atoms with E-state index in [4.69, 9.17) is 16.3 Å². The van der Waals surface area contributed by atoms with Crippen molar-refractivity contribution in [2.24, 2.45) is 5.92 Å². The normalized spacial score (nSPS) is 22.9. The van der Waals surface area contributed by atoms with E-state index in [9.17, 15) is 4.79 Å². The van der Waals surface area contributed by atoms with Crippen LogP contribution in [-0.2, 0) is 4.79 Å². The van der Waals surface area contributed by atoms with Gasteiger partial charge in [0.25, 0.3) is 0 Å². The van der Waals surface area contributed by atoms with Crippen molar-refractivity contribution in [1.29, 1.82) is 0 Å². The summed E-state index contributed by atoms with van der Waals surface area (Å²) in [5, 5.41) is 6.72. The van der Waals surface area contributed by atoms with Gasteiger partial charge in [0, 0.05) is 5.02 Å². The minimum atomic E-state index is -0.155. The van der Waals surface area contributed by atoms with Crippen molar-refractivity contribution in [3.8, 4) is 5.75 Å². The van der Waals surface area contributed by atoms with E-state index in [2.05, 4.69) is 17.6 Å². The van der Waals surface area contributed by atoms with E-state index in [1.807, 2.05) is 0 Å². The molecule has 0 radical (unpaired) electrons. The van der Waals surface area contributed by atoms with E-state index >= 15 is 0 Å². The zero-order valence-corrected chi connectivity index (χ0v) is 12.0. The Labute approximate surface area is 118 Å². The molecule has 2 atom stereocenters. The first-order valence-corrected chi connectivity index (χ1v) is 6.87. The highest BCUT2D eigenvalue weighted by Crippen LogP contribution is 2.28. The molecular weight excluding hydrogens is 264 g/mol. The summed E-state index contributed by atoms with van der Waals surface area (Å²) < 4.78 is 5.22. The topological polar surface area (TPSA) is 50.4 Å². The second-order valence-corrected chi connectivity index (χ2v) is 5.32. The molecule has 104 valence electrons. The second-order valence-electron chi connectivity index (χ2n) is 4.89. The molecule has 0 saturated carbocycles. The fourth-order valence-corrected chi connectivity index (χ4v) is 2.56. The molecule has 0 aliphatic carbocycles. The highest BCUT2D eigenvalue weighted by molar-refractivity contribution is 6.31. The lowest BCUT2D eigenvalue weighted by Gasteiger charge is -2.29. The first-order valence-electron chi connectivity index (χ1n) is 6.49. The van der Waals surface area contributed by atoms with Gasteiger partial charge in [0.15, 0.2) is 0 Å². The fourth-order valence-electron chi connectivity index (χ4n) is 2.39. The average Bonchev–Trinajstić information content (AvgIpc) is 2.39. The maximum absolute atomic E-state index is 12.3. The van der Waals surface area contributed by atoms with Gasteiger partial charge in [-0.15, -0.1) is 0 Å². The zero-order valence-electron chi connectivity index (χ0n) is 11.2. The number of carbonyl (C=O) groups excluding carboxylic acids is 1. The molecule has 5 heteroatoms. The SMILES string of the molecule is COc1ccc(Cl)cc1NC(=O)C1NCCCC1C. The van der Waals surface area contributed by atoms with Gasteiger partial charge in [0.05, 0.1) is 18.8 Å². The fraction of sp³-hybridized carbons (Fsp3) is 0.500. The number of rotatable bonds is 3. The Hall–Kier alpha value is -1.26. The summed E-state index contributed by atoms with van der Waals surface area (Å²) in [7, 11) is 1.57. The van der Waals surface area contributed by atoms with Crippen LogP contribution >= 0.6 is 11.6 Å². The lowest BCUT2D eigenvalue weighted by molar-refractivity contribution is -0.119. The maximum atomic E-state index is 12.3. The molecule has 1 fully saturated rings. The highest BCUT2D eigenvalue weighted by Gasteiger charge is 2.27. The molecule has 1 aromatic rings. The van der Waals surface area contributed by atoms with Crippen LogP contribution in [0, 0.1) is 5.92 Å². The lowest BCUT2D eigenvalue weighted by atomic mass is 9.92. The molecule has 1 aliphatic rings. The quantitative estimate of drug-likeness (QED) is 0.896. The number of halogens is 1. The van der Waals surface area contributed by atoms with E-state index in [0.29, 0.717) is 22.4 Å². The van der Waals surface area contributed by atoms with Crippen LogP contribution in [0.4, 0.5) is 5.69 Å². The van der Waals surface area contributed by atoms with Crippen LogP contribution in [0.25, 0.3) is 0 Å². The van der Waals surface area contributed by atoms with E-state index < -0.39 is 0 Å². The first-order chi connectivity index (χ1) is 9.11. The first kappa shape index (κ1) is 14.2. The average molecular weight is 283 g/mol. The van der Waals surface area contributed by atoms with Crippen molar-refractivity contribution in [2.75, 3.05) is 19.0 Å². The Morgan fingerprint density at radius 3 is 3.00 bits per heavy atom. The third kappa shape index (κ3) is 3.39. The molecule has 19 heavy (non-hydrogen) atoms. The number of anilines is 1. The molecule has 2 rings (SSSR count). The van der Waals surface area contributed by atoms with Gasteiger partial charge in [0.1, 0.15) is 5.75 Å². The Bertz CT molecular complexity index is 465. The lowest BCUT2D eigenvalue weighted by Crippen LogP contribution is -2.48. The molecule has 0 aromatic heterocycles. The van der Waals surface area contributed by atoms with Crippen molar-refractivity contribution in [1.82, 2.24) is 5.32 Å². The molecule has 1 heterocycles. The molecule has 4 nitrogen and oxygen atoms in total. The monoisotopic (exact) mass is 282 g/mol. The molecule has 2 N–H and O–H groups in total. The van der Waals surface area contributed by atoms with Gasteiger partial charge in [-0.3, -0.25) is 4.79 Å². The van der Waals surface area contributed by atoms with Crippen molar-refractivity contribution in [2.45, 2.75) is 25.8 Å². The summed E-state index contributed by atoms with van der Waals surface area (Å²) in [5.74, 6) is 0.910. The molecule has 0 spiro atoms. The molecular formula is C14H19ClN2O2. The van der Waals surface area contributed by atoms with Gasteiger partial charge in [-0.25, -0.2) is 0 Å². The molecule has 0 bridgehead atoms. The van der Waals surface area contributed by atoms with Crippen LogP contribution < -0.4 is 15.4 Å². The van der Waals surface area contributed by atoms with Gasteiger partial charge in [0.2, 0.25) is 5.91 Å². The Balaban J connectivity index is 2.11. The summed E-state index contributed by atoms with van der Waals surface area (Å²) in [4.78, 5) is 12.3. The molecule has 1 saturated heterocycles. The van der Waals surface area contributed by atoms with Crippen molar-refractivity contribution >= 4 is 23.2 Å². The minimum absolute atomic E-state index is 0.0345. The summed E-state index contributed by atoms with van der Waals surface area (Å²) in [6, 6.07) is 5.02. The Morgan fingerprint density at radius 2 is 2.32 bits per heavy atom. The largest absolute Gasteiger partial charge is 0.495 e. The zero-order chi connectivity index (χ0) is 13.8. The van der Waals surface area contributed by atoms with E-state index in [1.54, 1.807) is 25.3 Å².